The summed E-state index contributed by atoms with van der Waals surface area (Å²) in [5.74, 6) is 0.740. The summed E-state index contributed by atoms with van der Waals surface area (Å²) in [4.78, 5) is 2.54. The van der Waals surface area contributed by atoms with Gasteiger partial charge in [-0.1, -0.05) is 6.92 Å². The van der Waals surface area contributed by atoms with Crippen molar-refractivity contribution in [3.05, 3.63) is 0 Å². The van der Waals surface area contributed by atoms with Crippen molar-refractivity contribution >= 4 is 0 Å². The molecule has 0 saturated carbocycles. The van der Waals surface area contributed by atoms with Gasteiger partial charge in [0.1, 0.15) is 0 Å². The molecule has 1 rings (SSSR count). The third-order valence-electron chi connectivity index (χ3n) is 3.11. The molecule has 0 amide bonds. The van der Waals surface area contributed by atoms with Gasteiger partial charge in [0.2, 0.25) is 0 Å². The zero-order valence-corrected chi connectivity index (χ0v) is 11.3. The second kappa shape index (κ2) is 5.99. The van der Waals surface area contributed by atoms with E-state index in [1.807, 2.05) is 0 Å². The van der Waals surface area contributed by atoms with Gasteiger partial charge in [0.15, 0.2) is 0 Å². The highest BCUT2D eigenvalue weighted by molar-refractivity contribution is 4.83. The number of hydrogen-bond acceptors (Lipinski definition) is 3. The molecular weight excluding hydrogens is 200 g/mol. The molecule has 16 heavy (non-hydrogen) atoms. The first kappa shape index (κ1) is 13.9. The molecule has 0 bridgehead atoms. The van der Waals surface area contributed by atoms with Crippen molar-refractivity contribution in [1.29, 1.82) is 0 Å². The number of morpholine rings is 1. The van der Waals surface area contributed by atoms with E-state index >= 15 is 0 Å². The molecule has 0 aromatic heterocycles. The predicted molar refractivity (Wildman–Crippen MR) is 68.5 cm³/mol. The highest BCUT2D eigenvalue weighted by atomic mass is 16.5. The van der Waals surface area contributed by atoms with Crippen LogP contribution in [0.2, 0.25) is 0 Å². The average Bonchev–Trinajstić information content (AvgIpc) is 2.11. The Hall–Kier alpha value is -0.120. The van der Waals surface area contributed by atoms with Crippen LogP contribution in [0, 0.1) is 5.92 Å². The third kappa shape index (κ3) is 4.81. The molecule has 1 saturated heterocycles. The molecule has 0 aromatic rings. The lowest BCUT2D eigenvalue weighted by atomic mass is 10.0. The first-order valence-electron chi connectivity index (χ1n) is 6.53. The summed E-state index contributed by atoms with van der Waals surface area (Å²) in [6.07, 6.45) is 2.73. The molecule has 1 fully saturated rings. The summed E-state index contributed by atoms with van der Waals surface area (Å²) < 4.78 is 5.90. The van der Waals surface area contributed by atoms with Crippen LogP contribution in [0.15, 0.2) is 0 Å². The summed E-state index contributed by atoms with van der Waals surface area (Å²) in [6, 6.07) is 0. The molecule has 2 N–H and O–H groups in total. The molecule has 0 radical (unpaired) electrons. The Labute approximate surface area is 100 Å². The van der Waals surface area contributed by atoms with Crippen LogP contribution in [0.25, 0.3) is 0 Å². The van der Waals surface area contributed by atoms with E-state index in [0.717, 1.165) is 32.0 Å². The van der Waals surface area contributed by atoms with Crippen LogP contribution in [0.5, 0.6) is 0 Å². The zero-order chi connectivity index (χ0) is 12.2. The van der Waals surface area contributed by atoms with Crippen molar-refractivity contribution in [2.24, 2.45) is 11.7 Å². The maximum absolute atomic E-state index is 5.90. The van der Waals surface area contributed by atoms with Crippen LogP contribution in [0.1, 0.15) is 40.5 Å². The minimum Gasteiger partial charge on any atom is -0.370 e. The molecule has 0 aliphatic carbocycles. The third-order valence-corrected chi connectivity index (χ3v) is 3.11. The normalized spacial score (nSPS) is 27.9. The van der Waals surface area contributed by atoms with E-state index in [2.05, 4.69) is 32.6 Å². The van der Waals surface area contributed by atoms with Gasteiger partial charge >= 0.3 is 0 Å². The molecule has 2 unspecified atom stereocenters. The van der Waals surface area contributed by atoms with Gasteiger partial charge in [-0.2, -0.15) is 0 Å². The van der Waals surface area contributed by atoms with Gasteiger partial charge in [0, 0.05) is 19.6 Å². The van der Waals surface area contributed by atoms with Gasteiger partial charge in [-0.25, -0.2) is 0 Å². The van der Waals surface area contributed by atoms with Crippen molar-refractivity contribution in [3.8, 4) is 0 Å². The van der Waals surface area contributed by atoms with Crippen molar-refractivity contribution in [1.82, 2.24) is 4.90 Å². The van der Waals surface area contributed by atoms with Crippen LogP contribution >= 0.6 is 0 Å². The summed E-state index contributed by atoms with van der Waals surface area (Å²) in [7, 11) is 0. The number of ether oxygens (including phenoxy) is 1. The fourth-order valence-corrected chi connectivity index (χ4v) is 2.72. The standard InChI is InChI=1S/C13H28N2O/c1-11(6-5-7-14)8-15-9-12(2)16-13(3,4)10-15/h11-12H,5-10,14H2,1-4H3. The first-order chi connectivity index (χ1) is 7.43. The van der Waals surface area contributed by atoms with E-state index < -0.39 is 0 Å². The molecule has 1 aliphatic heterocycles. The molecule has 3 nitrogen and oxygen atoms in total. The van der Waals surface area contributed by atoms with Gasteiger partial charge in [0.05, 0.1) is 11.7 Å². The molecule has 2 atom stereocenters. The number of rotatable bonds is 5. The summed E-state index contributed by atoms with van der Waals surface area (Å²) >= 11 is 0. The maximum atomic E-state index is 5.90. The van der Waals surface area contributed by atoms with Gasteiger partial charge in [-0.15, -0.1) is 0 Å². The maximum Gasteiger partial charge on any atom is 0.0757 e. The Morgan fingerprint density at radius 1 is 1.50 bits per heavy atom. The highest BCUT2D eigenvalue weighted by Crippen LogP contribution is 2.22. The molecule has 3 heteroatoms. The lowest BCUT2D eigenvalue weighted by Crippen LogP contribution is -2.52. The minimum absolute atomic E-state index is 0.00521. The van der Waals surface area contributed by atoms with Gasteiger partial charge < -0.3 is 10.5 Å². The predicted octanol–water partition coefficient (Wildman–Crippen LogP) is 1.86. The number of hydrogen-bond donors (Lipinski definition) is 1. The van der Waals surface area contributed by atoms with E-state index in [0.29, 0.717) is 6.10 Å². The lowest BCUT2D eigenvalue weighted by molar-refractivity contribution is -0.130. The number of nitrogens with zero attached hydrogens (tertiary/aromatic N) is 1. The highest BCUT2D eigenvalue weighted by Gasteiger charge is 2.31. The van der Waals surface area contributed by atoms with Crippen molar-refractivity contribution in [3.63, 3.8) is 0 Å². The molecule has 96 valence electrons. The summed E-state index contributed by atoms with van der Waals surface area (Å²) in [5.41, 5.74) is 5.55. The number of nitrogens with two attached hydrogens (primary N) is 1. The Balaban J connectivity index is 2.35. The topological polar surface area (TPSA) is 38.5 Å². The van der Waals surface area contributed by atoms with Gasteiger partial charge in [-0.3, -0.25) is 4.90 Å². The zero-order valence-electron chi connectivity index (χ0n) is 11.3. The van der Waals surface area contributed by atoms with Crippen LogP contribution in [0.4, 0.5) is 0 Å². The quantitative estimate of drug-likeness (QED) is 0.780. The fraction of sp³-hybridized carbons (Fsp3) is 1.00. The minimum atomic E-state index is 0.00521. The first-order valence-corrected chi connectivity index (χ1v) is 6.53. The van der Waals surface area contributed by atoms with Crippen LogP contribution in [-0.2, 0) is 4.74 Å². The van der Waals surface area contributed by atoms with Gasteiger partial charge in [0.25, 0.3) is 0 Å². The molecule has 1 heterocycles. The SMILES string of the molecule is CC(CCCN)CN1CC(C)OC(C)(C)C1. The molecule has 0 spiro atoms. The van der Waals surface area contributed by atoms with Crippen molar-refractivity contribution in [2.45, 2.75) is 52.2 Å². The summed E-state index contributed by atoms with van der Waals surface area (Å²) in [6.45, 7) is 13.0. The molecule has 0 aromatic carbocycles. The smallest absolute Gasteiger partial charge is 0.0757 e. The lowest BCUT2D eigenvalue weighted by Gasteiger charge is -2.42. The van der Waals surface area contributed by atoms with Gasteiger partial charge in [-0.05, 0) is 46.1 Å². The van der Waals surface area contributed by atoms with Crippen molar-refractivity contribution in [2.75, 3.05) is 26.2 Å². The van der Waals surface area contributed by atoms with E-state index in [1.165, 1.54) is 13.0 Å². The monoisotopic (exact) mass is 228 g/mol. The second-order valence-electron chi connectivity index (χ2n) is 5.92. The largest absolute Gasteiger partial charge is 0.370 e. The summed E-state index contributed by atoms with van der Waals surface area (Å²) in [5, 5.41) is 0. The second-order valence-corrected chi connectivity index (χ2v) is 5.92. The Kier molecular flexibility index (Phi) is 5.22. The van der Waals surface area contributed by atoms with E-state index in [-0.39, 0.29) is 5.60 Å². The van der Waals surface area contributed by atoms with Crippen LogP contribution in [0.3, 0.4) is 0 Å². The van der Waals surface area contributed by atoms with E-state index in [9.17, 15) is 0 Å². The Bertz CT molecular complexity index is 206. The van der Waals surface area contributed by atoms with E-state index in [1.54, 1.807) is 0 Å². The van der Waals surface area contributed by atoms with E-state index in [4.69, 9.17) is 10.5 Å². The Morgan fingerprint density at radius 3 is 2.75 bits per heavy atom. The van der Waals surface area contributed by atoms with Crippen LogP contribution < -0.4 is 5.73 Å². The van der Waals surface area contributed by atoms with Crippen molar-refractivity contribution < 1.29 is 4.74 Å². The average molecular weight is 228 g/mol. The Morgan fingerprint density at radius 2 is 2.19 bits per heavy atom. The fourth-order valence-electron chi connectivity index (χ4n) is 2.72. The van der Waals surface area contributed by atoms with Crippen LogP contribution in [-0.4, -0.2) is 42.8 Å². The molecule has 1 aliphatic rings. The molecular formula is C13H28N2O.